The Labute approximate surface area is 154 Å². The molecule has 1 atom stereocenters. The Morgan fingerprint density at radius 2 is 1.96 bits per heavy atom. The Bertz CT molecular complexity index is 553. The van der Waals surface area contributed by atoms with Crippen molar-refractivity contribution in [3.63, 3.8) is 0 Å². The maximum absolute atomic E-state index is 13.0. The van der Waals surface area contributed by atoms with Gasteiger partial charge < -0.3 is 14.8 Å². The van der Waals surface area contributed by atoms with E-state index in [1.807, 2.05) is 12.1 Å². The van der Waals surface area contributed by atoms with E-state index in [1.54, 1.807) is 0 Å². The highest BCUT2D eigenvalue weighted by molar-refractivity contribution is 5.77. The number of rotatable bonds is 7. The zero-order valence-corrected chi connectivity index (χ0v) is 15.3. The molecule has 0 saturated carbocycles. The molecule has 0 aromatic heterocycles. The lowest BCUT2D eigenvalue weighted by Gasteiger charge is -2.32. The van der Waals surface area contributed by atoms with Gasteiger partial charge in [-0.15, -0.1) is 0 Å². The molecule has 26 heavy (non-hydrogen) atoms. The molecule has 1 amide bonds. The topological polar surface area (TPSA) is 50.8 Å². The van der Waals surface area contributed by atoms with Gasteiger partial charge in [0.05, 0.1) is 12.7 Å². The first-order valence-corrected chi connectivity index (χ1v) is 9.64. The second-order valence-corrected chi connectivity index (χ2v) is 7.25. The minimum absolute atomic E-state index is 0.0437. The largest absolute Gasteiger partial charge is 0.376 e. The van der Waals surface area contributed by atoms with Crippen molar-refractivity contribution in [3.8, 4) is 0 Å². The van der Waals surface area contributed by atoms with E-state index in [1.165, 1.54) is 18.6 Å². The van der Waals surface area contributed by atoms with Crippen LogP contribution >= 0.6 is 0 Å². The highest BCUT2D eigenvalue weighted by Gasteiger charge is 2.21. The summed E-state index contributed by atoms with van der Waals surface area (Å²) in [6.45, 7) is 4.10. The SMILES string of the molecule is O=C(COC[C@@H]1CCCCO1)NC1CCN(Cc2ccc(F)cc2)CC1. The number of nitrogens with one attached hydrogen (secondary N) is 1. The second-order valence-electron chi connectivity index (χ2n) is 7.25. The summed E-state index contributed by atoms with van der Waals surface area (Å²) in [5, 5.41) is 3.07. The van der Waals surface area contributed by atoms with Gasteiger partial charge in [0.2, 0.25) is 5.91 Å². The van der Waals surface area contributed by atoms with E-state index in [2.05, 4.69) is 10.2 Å². The standard InChI is InChI=1S/C20H29FN2O3/c21-17-6-4-16(5-7-17)13-23-10-8-18(9-11-23)22-20(24)15-25-14-19-3-1-2-12-26-19/h4-7,18-19H,1-3,8-15H2,(H,22,24)/t19-/m0/s1. The van der Waals surface area contributed by atoms with Gasteiger partial charge in [0, 0.05) is 32.3 Å². The predicted molar refractivity (Wildman–Crippen MR) is 97.3 cm³/mol. The molecular formula is C20H29FN2O3. The molecule has 144 valence electrons. The summed E-state index contributed by atoms with van der Waals surface area (Å²) < 4.78 is 24.1. The van der Waals surface area contributed by atoms with Crippen molar-refractivity contribution in [1.82, 2.24) is 10.2 Å². The number of ether oxygens (including phenoxy) is 2. The van der Waals surface area contributed by atoms with E-state index in [-0.39, 0.29) is 30.5 Å². The van der Waals surface area contributed by atoms with Gasteiger partial charge in [0.15, 0.2) is 0 Å². The molecule has 3 rings (SSSR count). The van der Waals surface area contributed by atoms with Crippen molar-refractivity contribution in [2.45, 2.75) is 50.8 Å². The number of hydrogen-bond donors (Lipinski definition) is 1. The van der Waals surface area contributed by atoms with Gasteiger partial charge in [0.25, 0.3) is 0 Å². The quantitative estimate of drug-likeness (QED) is 0.808. The van der Waals surface area contributed by atoms with Gasteiger partial charge in [-0.2, -0.15) is 0 Å². The van der Waals surface area contributed by atoms with Crippen LogP contribution in [0.5, 0.6) is 0 Å². The normalized spacial score (nSPS) is 22.3. The maximum atomic E-state index is 13.0. The van der Waals surface area contributed by atoms with Crippen LogP contribution in [0.4, 0.5) is 4.39 Å². The van der Waals surface area contributed by atoms with Crippen molar-refractivity contribution in [3.05, 3.63) is 35.6 Å². The van der Waals surface area contributed by atoms with Crippen LogP contribution in [0, 0.1) is 5.82 Å². The summed E-state index contributed by atoms with van der Waals surface area (Å²) in [6, 6.07) is 6.87. The number of likely N-dealkylation sites (tertiary alicyclic amines) is 1. The first kappa shape index (κ1) is 19.3. The summed E-state index contributed by atoms with van der Waals surface area (Å²) in [5.41, 5.74) is 1.12. The number of hydrogen-bond acceptors (Lipinski definition) is 4. The van der Waals surface area contributed by atoms with Gasteiger partial charge in [0.1, 0.15) is 12.4 Å². The van der Waals surface area contributed by atoms with Crippen LogP contribution in [0.2, 0.25) is 0 Å². The monoisotopic (exact) mass is 364 g/mol. The summed E-state index contributed by atoms with van der Waals surface area (Å²) in [4.78, 5) is 14.4. The minimum Gasteiger partial charge on any atom is -0.376 e. The highest BCUT2D eigenvalue weighted by Crippen LogP contribution is 2.15. The molecule has 0 spiro atoms. The van der Waals surface area contributed by atoms with E-state index in [9.17, 15) is 9.18 Å². The molecule has 2 saturated heterocycles. The number of carbonyl (C=O) groups excluding carboxylic acids is 1. The van der Waals surface area contributed by atoms with Crippen molar-refractivity contribution < 1.29 is 18.7 Å². The predicted octanol–water partition coefficient (Wildman–Crippen LogP) is 2.49. The molecule has 1 aromatic rings. The number of halogens is 1. The number of carbonyl (C=O) groups is 1. The van der Waals surface area contributed by atoms with Gasteiger partial charge in [-0.25, -0.2) is 4.39 Å². The molecule has 2 aliphatic heterocycles. The van der Waals surface area contributed by atoms with Gasteiger partial charge in [-0.3, -0.25) is 9.69 Å². The maximum Gasteiger partial charge on any atom is 0.246 e. The fraction of sp³-hybridized carbons (Fsp3) is 0.650. The van der Waals surface area contributed by atoms with Crippen LogP contribution < -0.4 is 5.32 Å². The molecule has 2 fully saturated rings. The first-order chi connectivity index (χ1) is 12.7. The van der Waals surface area contributed by atoms with Crippen molar-refractivity contribution >= 4 is 5.91 Å². The molecule has 1 aromatic carbocycles. The third-order valence-electron chi connectivity index (χ3n) is 5.08. The first-order valence-electron chi connectivity index (χ1n) is 9.64. The molecule has 6 heteroatoms. The van der Waals surface area contributed by atoms with E-state index >= 15 is 0 Å². The lowest BCUT2D eigenvalue weighted by atomic mass is 10.0. The van der Waals surface area contributed by atoms with Crippen molar-refractivity contribution in [1.29, 1.82) is 0 Å². The van der Waals surface area contributed by atoms with Crippen molar-refractivity contribution in [2.75, 3.05) is 32.9 Å². The third kappa shape index (κ3) is 6.34. The lowest BCUT2D eigenvalue weighted by Crippen LogP contribution is -2.45. The zero-order valence-electron chi connectivity index (χ0n) is 15.3. The summed E-state index contributed by atoms with van der Waals surface area (Å²) in [7, 11) is 0. The molecule has 5 nitrogen and oxygen atoms in total. The minimum atomic E-state index is -0.201. The number of amides is 1. The smallest absolute Gasteiger partial charge is 0.246 e. The molecular weight excluding hydrogens is 335 g/mol. The molecule has 0 radical (unpaired) electrons. The number of piperidine rings is 1. The average molecular weight is 364 g/mol. The van der Waals surface area contributed by atoms with Crippen LogP contribution in [0.25, 0.3) is 0 Å². The van der Waals surface area contributed by atoms with Gasteiger partial charge >= 0.3 is 0 Å². The Kier molecular flexibility index (Phi) is 7.41. The highest BCUT2D eigenvalue weighted by atomic mass is 19.1. The Morgan fingerprint density at radius 3 is 2.65 bits per heavy atom. The third-order valence-corrected chi connectivity index (χ3v) is 5.08. The van der Waals surface area contributed by atoms with E-state index in [0.717, 1.165) is 57.5 Å². The van der Waals surface area contributed by atoms with Crippen LogP contribution in [0.1, 0.15) is 37.7 Å². The molecule has 0 aliphatic carbocycles. The fourth-order valence-electron chi connectivity index (χ4n) is 3.57. The summed E-state index contributed by atoms with van der Waals surface area (Å²) in [5.74, 6) is -0.245. The van der Waals surface area contributed by atoms with E-state index in [0.29, 0.717) is 6.61 Å². The van der Waals surface area contributed by atoms with E-state index < -0.39 is 0 Å². The zero-order chi connectivity index (χ0) is 18.2. The average Bonchev–Trinajstić information content (AvgIpc) is 2.66. The lowest BCUT2D eigenvalue weighted by molar-refractivity contribution is -0.128. The van der Waals surface area contributed by atoms with E-state index in [4.69, 9.17) is 9.47 Å². The van der Waals surface area contributed by atoms with Crippen molar-refractivity contribution in [2.24, 2.45) is 0 Å². The fourth-order valence-corrected chi connectivity index (χ4v) is 3.57. The molecule has 2 heterocycles. The number of nitrogens with zero attached hydrogens (tertiary/aromatic N) is 1. The Balaban J connectivity index is 1.29. The molecule has 0 bridgehead atoms. The Hall–Kier alpha value is -1.50. The molecule has 0 unspecified atom stereocenters. The van der Waals surface area contributed by atoms with Crippen LogP contribution in [0.3, 0.4) is 0 Å². The van der Waals surface area contributed by atoms with Gasteiger partial charge in [-0.05, 0) is 49.8 Å². The van der Waals surface area contributed by atoms with Crippen LogP contribution in [-0.2, 0) is 20.8 Å². The van der Waals surface area contributed by atoms with Gasteiger partial charge in [-0.1, -0.05) is 12.1 Å². The summed E-state index contributed by atoms with van der Waals surface area (Å²) >= 11 is 0. The van der Waals surface area contributed by atoms with Crippen LogP contribution in [0.15, 0.2) is 24.3 Å². The second kappa shape index (κ2) is 10.00. The summed E-state index contributed by atoms with van der Waals surface area (Å²) in [6.07, 6.45) is 5.32. The number of benzene rings is 1. The molecule has 1 N–H and O–H groups in total. The molecule has 2 aliphatic rings. The Morgan fingerprint density at radius 1 is 1.19 bits per heavy atom. The van der Waals surface area contributed by atoms with Crippen LogP contribution in [-0.4, -0.2) is 55.9 Å².